The number of benzene rings is 1. The van der Waals surface area contributed by atoms with Crippen LogP contribution >= 0.6 is 11.6 Å². The molecule has 0 aliphatic heterocycles. The quantitative estimate of drug-likeness (QED) is 0.856. The van der Waals surface area contributed by atoms with Crippen molar-refractivity contribution < 1.29 is 14.3 Å². The van der Waals surface area contributed by atoms with E-state index in [-0.39, 0.29) is 17.5 Å². The van der Waals surface area contributed by atoms with E-state index in [1.54, 1.807) is 6.92 Å². The Bertz CT molecular complexity index is 380. The maximum atomic E-state index is 12.8. The number of aliphatic hydroxyl groups is 1. The highest BCUT2D eigenvalue weighted by Gasteiger charge is 2.15. The molecule has 16 heavy (non-hydrogen) atoms. The predicted molar refractivity (Wildman–Crippen MR) is 60.9 cm³/mol. The van der Waals surface area contributed by atoms with E-state index in [9.17, 15) is 9.18 Å². The van der Waals surface area contributed by atoms with Crippen molar-refractivity contribution in [3.63, 3.8) is 0 Å². The van der Waals surface area contributed by atoms with Crippen LogP contribution < -0.4 is 5.32 Å². The molecule has 0 bridgehead atoms. The van der Waals surface area contributed by atoms with E-state index in [2.05, 4.69) is 5.32 Å². The van der Waals surface area contributed by atoms with Crippen LogP contribution in [-0.2, 0) is 4.79 Å². The number of carbonyl (C=O) groups excluding carboxylic acids is 1. The van der Waals surface area contributed by atoms with E-state index in [1.807, 2.05) is 0 Å². The largest absolute Gasteiger partial charge is 0.396 e. The number of carbonyl (C=O) groups is 1. The van der Waals surface area contributed by atoms with E-state index in [1.165, 1.54) is 18.2 Å². The molecule has 0 fully saturated rings. The van der Waals surface area contributed by atoms with Gasteiger partial charge in [-0.2, -0.15) is 0 Å². The highest BCUT2D eigenvalue weighted by molar-refractivity contribution is 6.31. The number of nitrogens with one attached hydrogen (secondary N) is 1. The lowest BCUT2D eigenvalue weighted by molar-refractivity contribution is -0.121. The Kier molecular flexibility index (Phi) is 4.71. The van der Waals surface area contributed by atoms with E-state index in [0.29, 0.717) is 12.1 Å². The van der Waals surface area contributed by atoms with Crippen LogP contribution in [0.5, 0.6) is 0 Å². The molecule has 0 heterocycles. The Hall–Kier alpha value is -1.13. The molecule has 88 valence electrons. The third kappa shape index (κ3) is 3.18. The van der Waals surface area contributed by atoms with Gasteiger partial charge in [0.25, 0.3) is 0 Å². The maximum Gasteiger partial charge on any atom is 0.229 e. The number of amides is 1. The molecular weight excluding hydrogens is 233 g/mol. The minimum atomic E-state index is -0.533. The lowest BCUT2D eigenvalue weighted by atomic mass is 10.1. The van der Waals surface area contributed by atoms with Gasteiger partial charge in [-0.05, 0) is 24.6 Å². The highest BCUT2D eigenvalue weighted by atomic mass is 35.5. The van der Waals surface area contributed by atoms with Gasteiger partial charge in [-0.3, -0.25) is 4.79 Å². The molecule has 3 nitrogen and oxygen atoms in total. The fraction of sp³-hybridized carbons (Fsp3) is 0.364. The van der Waals surface area contributed by atoms with Gasteiger partial charge in [-0.1, -0.05) is 18.5 Å². The molecule has 0 aliphatic carbocycles. The number of rotatable bonds is 4. The monoisotopic (exact) mass is 245 g/mol. The zero-order chi connectivity index (χ0) is 12.1. The summed E-state index contributed by atoms with van der Waals surface area (Å²) in [5, 5.41) is 11.4. The fourth-order valence-corrected chi connectivity index (χ4v) is 1.40. The Morgan fingerprint density at radius 1 is 1.62 bits per heavy atom. The second-order valence-corrected chi connectivity index (χ2v) is 3.81. The predicted octanol–water partition coefficient (Wildman–Crippen LogP) is 2.44. The number of aliphatic hydroxyl groups excluding tert-OH is 1. The second kappa shape index (κ2) is 5.82. The Morgan fingerprint density at radius 3 is 2.81 bits per heavy atom. The van der Waals surface area contributed by atoms with Crippen molar-refractivity contribution >= 4 is 23.2 Å². The van der Waals surface area contributed by atoms with Gasteiger partial charge in [0.1, 0.15) is 5.82 Å². The third-order valence-corrected chi connectivity index (χ3v) is 2.56. The molecule has 1 aromatic rings. The molecule has 1 unspecified atom stereocenters. The fourth-order valence-electron chi connectivity index (χ4n) is 1.22. The molecule has 0 aromatic heterocycles. The number of hydrogen-bond donors (Lipinski definition) is 2. The first-order valence-corrected chi connectivity index (χ1v) is 5.33. The molecule has 0 aliphatic rings. The highest BCUT2D eigenvalue weighted by Crippen LogP contribution is 2.20. The normalized spacial score (nSPS) is 12.2. The summed E-state index contributed by atoms with van der Waals surface area (Å²) in [6.07, 6.45) is 0.539. The van der Waals surface area contributed by atoms with Crippen molar-refractivity contribution in [3.05, 3.63) is 29.0 Å². The van der Waals surface area contributed by atoms with Crippen LogP contribution in [-0.4, -0.2) is 17.6 Å². The first-order valence-electron chi connectivity index (χ1n) is 4.95. The molecule has 1 atom stereocenters. The van der Waals surface area contributed by atoms with E-state index >= 15 is 0 Å². The summed E-state index contributed by atoms with van der Waals surface area (Å²) in [5.74, 6) is -1.29. The zero-order valence-corrected chi connectivity index (χ0v) is 9.59. The topological polar surface area (TPSA) is 49.3 Å². The number of hydrogen-bond acceptors (Lipinski definition) is 2. The summed E-state index contributed by atoms with van der Waals surface area (Å²) < 4.78 is 12.8. The van der Waals surface area contributed by atoms with Crippen molar-refractivity contribution in [2.45, 2.75) is 13.3 Å². The molecule has 0 spiro atoms. The Balaban J connectivity index is 2.73. The van der Waals surface area contributed by atoms with E-state index in [4.69, 9.17) is 16.7 Å². The first-order chi connectivity index (χ1) is 7.58. The molecule has 1 rings (SSSR count). The van der Waals surface area contributed by atoms with E-state index in [0.717, 1.165) is 0 Å². The Morgan fingerprint density at radius 2 is 2.31 bits per heavy atom. The molecule has 2 N–H and O–H groups in total. The molecule has 0 saturated carbocycles. The number of anilines is 1. The van der Waals surface area contributed by atoms with E-state index < -0.39 is 11.7 Å². The lowest BCUT2D eigenvalue weighted by Crippen LogP contribution is -2.25. The van der Waals surface area contributed by atoms with Gasteiger partial charge in [-0.25, -0.2) is 4.39 Å². The third-order valence-electron chi connectivity index (χ3n) is 2.27. The first kappa shape index (κ1) is 12.9. The number of halogens is 2. The van der Waals surface area contributed by atoms with Crippen LogP contribution in [0.25, 0.3) is 0 Å². The standard InChI is InChI=1S/C11H13ClFNO2/c1-2-7(6-15)11(16)14-8-3-4-10(13)9(12)5-8/h3-5,7,15H,2,6H2,1H3,(H,14,16). The zero-order valence-electron chi connectivity index (χ0n) is 8.84. The Labute approximate surface area is 98.2 Å². The van der Waals surface area contributed by atoms with Crippen LogP contribution in [0.4, 0.5) is 10.1 Å². The average molecular weight is 246 g/mol. The van der Waals surface area contributed by atoms with Crippen LogP contribution in [0, 0.1) is 11.7 Å². The average Bonchev–Trinajstić information content (AvgIpc) is 2.25. The van der Waals surface area contributed by atoms with Crippen LogP contribution in [0.2, 0.25) is 5.02 Å². The summed E-state index contributed by atoms with van der Waals surface area (Å²) in [4.78, 5) is 11.6. The molecule has 0 saturated heterocycles. The van der Waals surface area contributed by atoms with Gasteiger partial charge in [0.2, 0.25) is 5.91 Å². The van der Waals surface area contributed by atoms with Crippen molar-refractivity contribution in [1.82, 2.24) is 0 Å². The molecule has 0 radical (unpaired) electrons. The van der Waals surface area contributed by atoms with Gasteiger partial charge in [0.05, 0.1) is 17.5 Å². The van der Waals surface area contributed by atoms with Crippen LogP contribution in [0.15, 0.2) is 18.2 Å². The van der Waals surface area contributed by atoms with Gasteiger partial charge in [0.15, 0.2) is 0 Å². The van der Waals surface area contributed by atoms with Gasteiger partial charge in [-0.15, -0.1) is 0 Å². The van der Waals surface area contributed by atoms with Gasteiger partial charge in [0, 0.05) is 5.69 Å². The van der Waals surface area contributed by atoms with Crippen molar-refractivity contribution in [1.29, 1.82) is 0 Å². The van der Waals surface area contributed by atoms with Gasteiger partial charge < -0.3 is 10.4 Å². The minimum absolute atomic E-state index is 0.0464. The summed E-state index contributed by atoms with van der Waals surface area (Å²) in [6, 6.07) is 3.93. The smallest absolute Gasteiger partial charge is 0.229 e. The maximum absolute atomic E-state index is 12.8. The summed E-state index contributed by atoms with van der Waals surface area (Å²) in [5.41, 5.74) is 0.420. The second-order valence-electron chi connectivity index (χ2n) is 3.41. The molecule has 1 amide bonds. The SMILES string of the molecule is CCC(CO)C(=O)Nc1ccc(F)c(Cl)c1. The van der Waals surface area contributed by atoms with Crippen molar-refractivity contribution in [3.8, 4) is 0 Å². The summed E-state index contributed by atoms with van der Waals surface area (Å²) in [7, 11) is 0. The molecular formula is C11H13ClFNO2. The van der Waals surface area contributed by atoms with Crippen LogP contribution in [0.1, 0.15) is 13.3 Å². The lowest BCUT2D eigenvalue weighted by Gasteiger charge is -2.12. The summed E-state index contributed by atoms with van der Waals surface area (Å²) in [6.45, 7) is 1.59. The summed E-state index contributed by atoms with van der Waals surface area (Å²) >= 11 is 5.57. The van der Waals surface area contributed by atoms with Crippen molar-refractivity contribution in [2.75, 3.05) is 11.9 Å². The van der Waals surface area contributed by atoms with Crippen LogP contribution in [0.3, 0.4) is 0 Å². The molecule has 5 heteroatoms. The minimum Gasteiger partial charge on any atom is -0.396 e. The van der Waals surface area contributed by atoms with Crippen molar-refractivity contribution in [2.24, 2.45) is 5.92 Å². The van der Waals surface area contributed by atoms with Gasteiger partial charge >= 0.3 is 0 Å². The molecule has 1 aromatic carbocycles.